The number of ketones is 1. The van der Waals surface area contributed by atoms with Gasteiger partial charge in [0.05, 0.1) is 23.6 Å². The molecule has 3 aliphatic heterocycles. The summed E-state index contributed by atoms with van der Waals surface area (Å²) in [6.07, 6.45) is 0.957. The number of ether oxygens (including phenoxy) is 1. The van der Waals surface area contributed by atoms with Gasteiger partial charge in [-0.15, -0.1) is 0 Å². The monoisotopic (exact) mass is 427 g/mol. The Morgan fingerprint density at radius 2 is 1.47 bits per heavy atom. The predicted molar refractivity (Wildman–Crippen MR) is 119 cm³/mol. The molecule has 5 nitrogen and oxygen atoms in total. The third-order valence-electron chi connectivity index (χ3n) is 8.12. The van der Waals surface area contributed by atoms with Crippen LogP contribution in [0.4, 0.5) is 5.69 Å². The Morgan fingerprint density at radius 1 is 0.844 bits per heavy atom. The van der Waals surface area contributed by atoms with Gasteiger partial charge in [-0.05, 0) is 50.3 Å². The number of rotatable bonds is 2. The summed E-state index contributed by atoms with van der Waals surface area (Å²) in [4.78, 5) is 43.1. The Balaban J connectivity index is 1.55. The molecule has 2 amide bonds. The maximum Gasteiger partial charge on any atom is 0.241 e. The number of Topliss-reactive ketones (excluding diaryl/α,β-unsaturated/α-hetero) is 1. The van der Waals surface area contributed by atoms with E-state index >= 15 is 0 Å². The van der Waals surface area contributed by atoms with Crippen LogP contribution < -0.4 is 4.90 Å². The van der Waals surface area contributed by atoms with Gasteiger partial charge in [0.25, 0.3) is 0 Å². The zero-order valence-electron chi connectivity index (χ0n) is 18.2. The molecule has 0 N–H and O–H groups in total. The number of benzene rings is 2. The van der Waals surface area contributed by atoms with Gasteiger partial charge in [-0.25, -0.2) is 4.90 Å². The second-order valence-electron chi connectivity index (χ2n) is 9.64. The number of nitrogens with zero attached hydrogens (tertiary/aromatic N) is 1. The van der Waals surface area contributed by atoms with E-state index in [0.29, 0.717) is 17.7 Å². The Labute approximate surface area is 187 Å². The third kappa shape index (κ3) is 2.35. The second kappa shape index (κ2) is 6.72. The van der Waals surface area contributed by atoms with Gasteiger partial charge in [0.15, 0.2) is 11.4 Å². The molecule has 2 aromatic carbocycles. The molecule has 6 atom stereocenters. The van der Waals surface area contributed by atoms with Crippen LogP contribution in [0.25, 0.3) is 0 Å². The van der Waals surface area contributed by atoms with Crippen LogP contribution in [0.1, 0.15) is 32.3 Å². The minimum absolute atomic E-state index is 0.0413. The van der Waals surface area contributed by atoms with Gasteiger partial charge in [-0.2, -0.15) is 0 Å². The highest BCUT2D eigenvalue weighted by Crippen LogP contribution is 2.62. The zero-order chi connectivity index (χ0) is 22.2. The first-order valence-electron chi connectivity index (χ1n) is 11.3. The van der Waals surface area contributed by atoms with Gasteiger partial charge in [0.2, 0.25) is 11.8 Å². The molecule has 3 fully saturated rings. The van der Waals surface area contributed by atoms with E-state index in [0.717, 1.165) is 6.42 Å². The largest absolute Gasteiger partial charge is 0.357 e. The number of allylic oxidation sites excluding steroid dienone is 2. The van der Waals surface area contributed by atoms with Crippen molar-refractivity contribution >= 4 is 23.3 Å². The highest BCUT2D eigenvalue weighted by atomic mass is 16.5. The van der Waals surface area contributed by atoms with E-state index in [4.69, 9.17) is 4.74 Å². The van der Waals surface area contributed by atoms with Crippen molar-refractivity contribution in [3.05, 3.63) is 77.4 Å². The van der Waals surface area contributed by atoms with E-state index in [1.54, 1.807) is 12.1 Å². The molecule has 32 heavy (non-hydrogen) atoms. The van der Waals surface area contributed by atoms with E-state index in [2.05, 4.69) is 13.8 Å². The van der Waals surface area contributed by atoms with E-state index in [1.807, 2.05) is 48.5 Å². The lowest BCUT2D eigenvalue weighted by Crippen LogP contribution is -2.55. The van der Waals surface area contributed by atoms with Crippen LogP contribution in [-0.4, -0.2) is 23.7 Å². The van der Waals surface area contributed by atoms with Crippen LogP contribution in [-0.2, 0) is 24.7 Å². The standard InChI is InChI=1S/C27H25NO4/c1-15-13-19-20(14-16(15)2)24(29)27(17-9-5-3-6-10-17)22-21(23(19)32-27)25(30)28(26(22)31)18-11-7-4-8-12-18/h3-12,19-23H,13-14H2,1-2H3/t19-,20+,21-,22-,23-,27-/m1/s1. The number of carbonyl (C=O) groups is 3. The van der Waals surface area contributed by atoms with Crippen molar-refractivity contribution in [3.63, 3.8) is 0 Å². The zero-order valence-corrected chi connectivity index (χ0v) is 18.2. The van der Waals surface area contributed by atoms with Crippen molar-refractivity contribution in [1.29, 1.82) is 0 Å². The van der Waals surface area contributed by atoms with Crippen LogP contribution in [0, 0.1) is 23.7 Å². The van der Waals surface area contributed by atoms with Crippen LogP contribution in [0.15, 0.2) is 71.8 Å². The minimum Gasteiger partial charge on any atom is -0.357 e. The van der Waals surface area contributed by atoms with E-state index in [-0.39, 0.29) is 29.4 Å². The minimum atomic E-state index is -1.40. The molecule has 1 aliphatic carbocycles. The van der Waals surface area contributed by atoms with Gasteiger partial charge in [0.1, 0.15) is 0 Å². The van der Waals surface area contributed by atoms with E-state index < -0.39 is 23.5 Å². The number of hydrogen-bond acceptors (Lipinski definition) is 4. The fourth-order valence-corrected chi connectivity index (χ4v) is 6.52. The second-order valence-corrected chi connectivity index (χ2v) is 9.64. The number of para-hydroxylation sites is 1. The van der Waals surface area contributed by atoms with Gasteiger partial charge in [0, 0.05) is 5.92 Å². The SMILES string of the molecule is CC1=C(C)C[C@@H]2C(=O)[C@]3(c4ccccc4)O[C@H]([C@@H]2C1)[C@@H]1C(=O)N(c2ccccc2)C(=O)[C@@H]13. The summed E-state index contributed by atoms with van der Waals surface area (Å²) < 4.78 is 6.59. The molecule has 2 aromatic rings. The van der Waals surface area contributed by atoms with E-state index in [9.17, 15) is 14.4 Å². The quantitative estimate of drug-likeness (QED) is 0.536. The molecule has 5 heteroatoms. The molecule has 0 saturated carbocycles. The summed E-state index contributed by atoms with van der Waals surface area (Å²) >= 11 is 0. The van der Waals surface area contributed by atoms with E-state index in [1.165, 1.54) is 16.0 Å². The number of fused-ring (bicyclic) bond motifs is 7. The lowest BCUT2D eigenvalue weighted by Gasteiger charge is -2.46. The van der Waals surface area contributed by atoms with Crippen molar-refractivity contribution in [3.8, 4) is 0 Å². The topological polar surface area (TPSA) is 63.7 Å². The fourth-order valence-electron chi connectivity index (χ4n) is 6.52. The summed E-state index contributed by atoms with van der Waals surface area (Å²) in [5.41, 5.74) is 2.33. The highest BCUT2D eigenvalue weighted by molar-refractivity contribution is 6.24. The molecule has 6 rings (SSSR count). The van der Waals surface area contributed by atoms with Crippen LogP contribution >= 0.6 is 0 Å². The Kier molecular flexibility index (Phi) is 4.12. The first-order chi connectivity index (χ1) is 15.4. The molecular weight excluding hydrogens is 402 g/mol. The van der Waals surface area contributed by atoms with Crippen LogP contribution in [0.2, 0.25) is 0 Å². The molecule has 0 unspecified atom stereocenters. The molecule has 3 saturated heterocycles. The summed E-state index contributed by atoms with van der Waals surface area (Å²) in [5, 5.41) is 0. The third-order valence-corrected chi connectivity index (χ3v) is 8.12. The Bertz CT molecular complexity index is 1170. The molecule has 0 aromatic heterocycles. The fraction of sp³-hybridized carbons (Fsp3) is 0.370. The molecule has 0 radical (unpaired) electrons. The lowest BCUT2D eigenvalue weighted by atomic mass is 9.67. The number of hydrogen-bond donors (Lipinski definition) is 0. The van der Waals surface area contributed by atoms with Crippen molar-refractivity contribution in [1.82, 2.24) is 0 Å². The van der Waals surface area contributed by atoms with Crippen LogP contribution in [0.3, 0.4) is 0 Å². The molecule has 162 valence electrons. The molecule has 4 aliphatic rings. The van der Waals surface area contributed by atoms with Gasteiger partial charge >= 0.3 is 0 Å². The predicted octanol–water partition coefficient (Wildman–Crippen LogP) is 4.03. The maximum absolute atomic E-state index is 14.2. The summed E-state index contributed by atoms with van der Waals surface area (Å²) in [7, 11) is 0. The summed E-state index contributed by atoms with van der Waals surface area (Å²) in [6.45, 7) is 4.18. The average molecular weight is 428 g/mol. The highest BCUT2D eigenvalue weighted by Gasteiger charge is 2.75. The number of imide groups is 1. The van der Waals surface area contributed by atoms with Gasteiger partial charge < -0.3 is 4.74 Å². The number of anilines is 1. The van der Waals surface area contributed by atoms with Crippen molar-refractivity contribution in [2.24, 2.45) is 23.7 Å². The summed E-state index contributed by atoms with van der Waals surface area (Å²) in [6, 6.07) is 18.3. The molecule has 3 heterocycles. The number of carbonyl (C=O) groups excluding carboxylic acids is 3. The van der Waals surface area contributed by atoms with Gasteiger partial charge in [-0.1, -0.05) is 59.7 Å². The van der Waals surface area contributed by atoms with Crippen molar-refractivity contribution < 1.29 is 19.1 Å². The van der Waals surface area contributed by atoms with Gasteiger partial charge in [-0.3, -0.25) is 14.4 Å². The Hall–Kier alpha value is -3.05. The summed E-state index contributed by atoms with van der Waals surface area (Å²) in [5.74, 6) is -2.40. The first kappa shape index (κ1) is 19.6. The number of amides is 2. The lowest BCUT2D eigenvalue weighted by molar-refractivity contribution is -0.178. The normalized spacial score (nSPS) is 35.9. The smallest absolute Gasteiger partial charge is 0.241 e. The molecular formula is C27H25NO4. The maximum atomic E-state index is 14.2. The Morgan fingerprint density at radius 3 is 2.16 bits per heavy atom. The average Bonchev–Trinajstić information content (AvgIpc) is 3.28. The van der Waals surface area contributed by atoms with Crippen molar-refractivity contribution in [2.45, 2.75) is 38.4 Å². The van der Waals surface area contributed by atoms with Crippen molar-refractivity contribution in [2.75, 3.05) is 4.90 Å². The molecule has 0 spiro atoms. The van der Waals surface area contributed by atoms with Crippen LogP contribution in [0.5, 0.6) is 0 Å². The first-order valence-corrected chi connectivity index (χ1v) is 11.3. The molecule has 2 bridgehead atoms.